The van der Waals surface area contributed by atoms with Crippen LogP contribution in [0.5, 0.6) is 11.5 Å². The van der Waals surface area contributed by atoms with E-state index < -0.39 is 0 Å². The fourth-order valence-corrected chi connectivity index (χ4v) is 2.50. The standard InChI is InChI=1S/C18H19ClN2O4/c1-12(22)21(15-6-4-5-7-17(15)25-3)11-18(23)20-14-10-13(19)8-9-16(14)24-2/h4-10H,11H2,1-3H3,(H,20,23). The van der Waals surface area contributed by atoms with Gasteiger partial charge in [-0.25, -0.2) is 0 Å². The van der Waals surface area contributed by atoms with Crippen molar-refractivity contribution in [3.05, 3.63) is 47.5 Å². The van der Waals surface area contributed by atoms with Gasteiger partial charge in [0, 0.05) is 11.9 Å². The predicted molar refractivity (Wildman–Crippen MR) is 97.7 cm³/mol. The zero-order valence-electron chi connectivity index (χ0n) is 14.2. The molecule has 0 unspecified atom stereocenters. The lowest BCUT2D eigenvalue weighted by Crippen LogP contribution is -2.37. The number of nitrogens with zero attached hydrogens (tertiary/aromatic N) is 1. The minimum Gasteiger partial charge on any atom is -0.495 e. The van der Waals surface area contributed by atoms with E-state index in [1.807, 2.05) is 0 Å². The first-order valence-electron chi connectivity index (χ1n) is 7.50. The van der Waals surface area contributed by atoms with Crippen LogP contribution in [-0.2, 0) is 9.59 Å². The molecule has 6 nitrogen and oxygen atoms in total. The summed E-state index contributed by atoms with van der Waals surface area (Å²) in [5, 5.41) is 3.17. The van der Waals surface area contributed by atoms with Crippen LogP contribution >= 0.6 is 11.6 Å². The molecule has 0 aliphatic heterocycles. The second-order valence-corrected chi connectivity index (χ2v) is 5.61. The maximum atomic E-state index is 12.4. The summed E-state index contributed by atoms with van der Waals surface area (Å²) in [5.41, 5.74) is 0.953. The topological polar surface area (TPSA) is 67.9 Å². The molecule has 2 aromatic rings. The van der Waals surface area contributed by atoms with Crippen molar-refractivity contribution < 1.29 is 19.1 Å². The van der Waals surface area contributed by atoms with Gasteiger partial charge < -0.3 is 14.8 Å². The number of rotatable bonds is 6. The number of nitrogens with one attached hydrogen (secondary N) is 1. The normalized spacial score (nSPS) is 10.1. The fourth-order valence-electron chi connectivity index (χ4n) is 2.33. The molecule has 7 heteroatoms. The minimum absolute atomic E-state index is 0.175. The number of anilines is 2. The SMILES string of the molecule is COc1ccc(Cl)cc1NC(=O)CN(C(C)=O)c1ccccc1OC. The molecule has 2 amide bonds. The molecular formula is C18H19ClN2O4. The van der Waals surface area contributed by atoms with Gasteiger partial charge >= 0.3 is 0 Å². The summed E-state index contributed by atoms with van der Waals surface area (Å²) >= 11 is 5.96. The Labute approximate surface area is 151 Å². The summed E-state index contributed by atoms with van der Waals surface area (Å²) in [6, 6.07) is 11.9. The van der Waals surface area contributed by atoms with Crippen LogP contribution in [0.4, 0.5) is 11.4 Å². The average Bonchev–Trinajstić information content (AvgIpc) is 2.59. The highest BCUT2D eigenvalue weighted by atomic mass is 35.5. The Hall–Kier alpha value is -2.73. The molecule has 0 atom stereocenters. The van der Waals surface area contributed by atoms with Gasteiger partial charge in [-0.1, -0.05) is 23.7 Å². The molecule has 0 aromatic heterocycles. The van der Waals surface area contributed by atoms with E-state index in [1.54, 1.807) is 42.5 Å². The second-order valence-electron chi connectivity index (χ2n) is 5.17. The first-order valence-corrected chi connectivity index (χ1v) is 7.88. The van der Waals surface area contributed by atoms with Crippen LogP contribution in [0.1, 0.15) is 6.92 Å². The van der Waals surface area contributed by atoms with E-state index in [0.717, 1.165) is 0 Å². The lowest BCUT2D eigenvalue weighted by Gasteiger charge is -2.23. The van der Waals surface area contributed by atoms with E-state index in [1.165, 1.54) is 26.0 Å². The third-order valence-corrected chi connectivity index (χ3v) is 3.73. The molecule has 0 fully saturated rings. The van der Waals surface area contributed by atoms with Gasteiger partial charge in [0.2, 0.25) is 11.8 Å². The van der Waals surface area contributed by atoms with Crippen LogP contribution in [0.3, 0.4) is 0 Å². The number of halogens is 1. The maximum Gasteiger partial charge on any atom is 0.244 e. The van der Waals surface area contributed by atoms with Gasteiger partial charge in [0.15, 0.2) is 0 Å². The van der Waals surface area contributed by atoms with Gasteiger partial charge in [-0.15, -0.1) is 0 Å². The lowest BCUT2D eigenvalue weighted by atomic mass is 10.2. The van der Waals surface area contributed by atoms with Crippen LogP contribution in [0.25, 0.3) is 0 Å². The molecule has 25 heavy (non-hydrogen) atoms. The number of hydrogen-bond acceptors (Lipinski definition) is 4. The predicted octanol–water partition coefficient (Wildman–Crippen LogP) is 3.35. The zero-order valence-corrected chi connectivity index (χ0v) is 15.0. The molecule has 0 aliphatic rings. The van der Waals surface area contributed by atoms with E-state index >= 15 is 0 Å². The largest absolute Gasteiger partial charge is 0.495 e. The summed E-state index contributed by atoms with van der Waals surface area (Å²) in [4.78, 5) is 25.8. The van der Waals surface area contributed by atoms with Crippen LogP contribution in [-0.4, -0.2) is 32.6 Å². The Morgan fingerprint density at radius 3 is 2.40 bits per heavy atom. The molecule has 2 rings (SSSR count). The van der Waals surface area contributed by atoms with Crippen LogP contribution < -0.4 is 19.7 Å². The second kappa shape index (κ2) is 8.39. The highest BCUT2D eigenvalue weighted by Gasteiger charge is 2.20. The van der Waals surface area contributed by atoms with E-state index in [4.69, 9.17) is 21.1 Å². The number of ether oxygens (including phenoxy) is 2. The number of para-hydroxylation sites is 2. The molecule has 0 aliphatic carbocycles. The highest BCUT2D eigenvalue weighted by Crippen LogP contribution is 2.29. The number of carbonyl (C=O) groups excluding carboxylic acids is 2. The Morgan fingerprint density at radius 1 is 1.08 bits per heavy atom. The molecule has 0 radical (unpaired) electrons. The molecule has 0 bridgehead atoms. The van der Waals surface area contributed by atoms with Gasteiger partial charge in [-0.05, 0) is 30.3 Å². The van der Waals surface area contributed by atoms with E-state index in [-0.39, 0.29) is 18.4 Å². The fraction of sp³-hybridized carbons (Fsp3) is 0.222. The summed E-state index contributed by atoms with van der Waals surface area (Å²) in [6.07, 6.45) is 0. The van der Waals surface area contributed by atoms with Gasteiger partial charge in [-0.3, -0.25) is 14.5 Å². The van der Waals surface area contributed by atoms with Crippen molar-refractivity contribution in [3.63, 3.8) is 0 Å². The van der Waals surface area contributed by atoms with Crippen molar-refractivity contribution in [1.29, 1.82) is 0 Å². The molecule has 132 valence electrons. The molecule has 1 N–H and O–H groups in total. The number of methoxy groups -OCH3 is 2. The summed E-state index contributed by atoms with van der Waals surface area (Å²) < 4.78 is 10.5. The molecule has 2 aromatic carbocycles. The molecule has 0 heterocycles. The Morgan fingerprint density at radius 2 is 1.76 bits per heavy atom. The maximum absolute atomic E-state index is 12.4. The highest BCUT2D eigenvalue weighted by molar-refractivity contribution is 6.31. The molecule has 0 spiro atoms. The summed E-state index contributed by atoms with van der Waals surface area (Å²) in [5.74, 6) is 0.314. The van der Waals surface area contributed by atoms with Crippen molar-refractivity contribution in [2.75, 3.05) is 31.0 Å². The van der Waals surface area contributed by atoms with Crippen molar-refractivity contribution in [1.82, 2.24) is 0 Å². The third-order valence-electron chi connectivity index (χ3n) is 3.49. The van der Waals surface area contributed by atoms with Crippen molar-refractivity contribution in [3.8, 4) is 11.5 Å². The first-order chi connectivity index (χ1) is 12.0. The first kappa shape index (κ1) is 18.6. The molecular weight excluding hydrogens is 344 g/mol. The quantitative estimate of drug-likeness (QED) is 0.855. The number of carbonyl (C=O) groups is 2. The molecule has 0 saturated carbocycles. The zero-order chi connectivity index (χ0) is 18.4. The minimum atomic E-state index is -0.387. The smallest absolute Gasteiger partial charge is 0.244 e. The Balaban J connectivity index is 2.22. The Bertz CT molecular complexity index is 779. The van der Waals surface area contributed by atoms with E-state index in [9.17, 15) is 9.59 Å². The van der Waals surface area contributed by atoms with Crippen LogP contribution in [0.15, 0.2) is 42.5 Å². The lowest BCUT2D eigenvalue weighted by molar-refractivity contribution is -0.120. The van der Waals surface area contributed by atoms with E-state index in [0.29, 0.717) is 27.9 Å². The van der Waals surface area contributed by atoms with Gasteiger partial charge in [0.1, 0.15) is 18.0 Å². The van der Waals surface area contributed by atoms with Gasteiger partial charge in [0.05, 0.1) is 25.6 Å². The number of amides is 2. The summed E-state index contributed by atoms with van der Waals surface area (Å²) in [6.45, 7) is 1.21. The van der Waals surface area contributed by atoms with Gasteiger partial charge in [-0.2, -0.15) is 0 Å². The van der Waals surface area contributed by atoms with Crippen LogP contribution in [0.2, 0.25) is 5.02 Å². The van der Waals surface area contributed by atoms with Crippen LogP contribution in [0, 0.1) is 0 Å². The number of hydrogen-bond donors (Lipinski definition) is 1. The third kappa shape index (κ3) is 4.64. The van der Waals surface area contributed by atoms with Gasteiger partial charge in [0.25, 0.3) is 0 Å². The van der Waals surface area contributed by atoms with Crippen molar-refractivity contribution >= 4 is 34.8 Å². The molecule has 0 saturated heterocycles. The monoisotopic (exact) mass is 362 g/mol. The number of benzene rings is 2. The average molecular weight is 363 g/mol. The van der Waals surface area contributed by atoms with Crippen molar-refractivity contribution in [2.45, 2.75) is 6.92 Å². The summed E-state index contributed by atoms with van der Waals surface area (Å²) in [7, 11) is 3.00. The Kier molecular flexibility index (Phi) is 6.25. The van der Waals surface area contributed by atoms with Crippen molar-refractivity contribution in [2.24, 2.45) is 0 Å². The van der Waals surface area contributed by atoms with E-state index in [2.05, 4.69) is 5.32 Å².